The van der Waals surface area contributed by atoms with Gasteiger partial charge in [0.2, 0.25) is 0 Å². The molecule has 8 heteroatoms. The number of aliphatic imine (C=N–C) groups is 1. The van der Waals surface area contributed by atoms with Crippen LogP contribution >= 0.6 is 0 Å². The van der Waals surface area contributed by atoms with Crippen LogP contribution in [0, 0.1) is 12.7 Å². The van der Waals surface area contributed by atoms with E-state index in [0.717, 1.165) is 6.07 Å². The van der Waals surface area contributed by atoms with Crippen LogP contribution in [-0.4, -0.2) is 20.0 Å². The van der Waals surface area contributed by atoms with E-state index in [0.29, 0.717) is 39.7 Å². The summed E-state index contributed by atoms with van der Waals surface area (Å²) >= 11 is 0. The third-order valence-corrected chi connectivity index (χ3v) is 5.85. The molecule has 3 aromatic rings. The lowest BCUT2D eigenvalue weighted by Gasteiger charge is -2.36. The van der Waals surface area contributed by atoms with E-state index in [4.69, 9.17) is 4.74 Å². The van der Waals surface area contributed by atoms with Crippen molar-refractivity contribution >= 4 is 17.2 Å². The van der Waals surface area contributed by atoms with Crippen molar-refractivity contribution in [3.05, 3.63) is 101 Å². The number of anilines is 1. The van der Waals surface area contributed by atoms with Crippen molar-refractivity contribution in [2.24, 2.45) is 4.99 Å². The van der Waals surface area contributed by atoms with E-state index < -0.39 is 17.9 Å². The first kappa shape index (κ1) is 23.4. The molecule has 4 nitrogen and oxygen atoms in total. The monoisotopic (exact) mass is 469 g/mol. The van der Waals surface area contributed by atoms with Crippen LogP contribution in [0.4, 0.5) is 23.2 Å². The third kappa shape index (κ3) is 4.11. The van der Waals surface area contributed by atoms with Gasteiger partial charge in [0.05, 0.1) is 18.4 Å². The van der Waals surface area contributed by atoms with Gasteiger partial charge in [-0.1, -0.05) is 43.0 Å². The maximum absolute atomic E-state index is 14.1. The lowest BCUT2D eigenvalue weighted by atomic mass is 9.99. The van der Waals surface area contributed by atoms with Crippen LogP contribution in [0.2, 0.25) is 0 Å². The number of alkyl halides is 3. The summed E-state index contributed by atoms with van der Waals surface area (Å²) in [5.41, 5.74) is 1.74. The van der Waals surface area contributed by atoms with Crippen molar-refractivity contribution in [1.29, 1.82) is 0 Å². The van der Waals surface area contributed by atoms with Crippen LogP contribution < -0.4 is 15.0 Å². The van der Waals surface area contributed by atoms with Crippen LogP contribution in [0.5, 0.6) is 5.75 Å². The summed E-state index contributed by atoms with van der Waals surface area (Å²) in [4.78, 5) is 6.32. The number of rotatable bonds is 4. The quantitative estimate of drug-likeness (QED) is 0.455. The number of methoxy groups -OCH3 is 1. The van der Waals surface area contributed by atoms with Crippen LogP contribution in [0.15, 0.2) is 72.2 Å². The second-order valence-electron chi connectivity index (χ2n) is 7.92. The summed E-state index contributed by atoms with van der Waals surface area (Å²) in [6, 6.07) is 15.3. The molecule has 3 aromatic carbocycles. The molecule has 0 spiro atoms. The molecule has 1 aliphatic rings. The van der Waals surface area contributed by atoms with Gasteiger partial charge < -0.3 is 15.0 Å². The van der Waals surface area contributed by atoms with Gasteiger partial charge in [0, 0.05) is 29.4 Å². The zero-order chi connectivity index (χ0) is 24.6. The Kier molecular flexibility index (Phi) is 6.08. The van der Waals surface area contributed by atoms with E-state index >= 15 is 0 Å². The number of hydrogen-bond donors (Lipinski definition) is 1. The average Bonchev–Trinajstić information content (AvgIpc) is 2.81. The average molecular weight is 469 g/mol. The predicted molar refractivity (Wildman–Crippen MR) is 125 cm³/mol. The summed E-state index contributed by atoms with van der Waals surface area (Å²) in [5.74, 6) is 0.406. The minimum absolute atomic E-state index is 0.000837. The van der Waals surface area contributed by atoms with Crippen molar-refractivity contribution in [2.75, 3.05) is 19.1 Å². The van der Waals surface area contributed by atoms with Gasteiger partial charge in [0.1, 0.15) is 23.6 Å². The number of nitrogens with one attached hydrogen (secondary N) is 1. The Bertz CT molecular complexity index is 1280. The Labute approximate surface area is 195 Å². The summed E-state index contributed by atoms with van der Waals surface area (Å²) in [6.45, 7) is 5.66. The zero-order valence-corrected chi connectivity index (χ0v) is 18.9. The van der Waals surface area contributed by atoms with Crippen LogP contribution in [0.1, 0.15) is 34.0 Å². The molecule has 176 valence electrons. The van der Waals surface area contributed by atoms with Gasteiger partial charge in [-0.05, 0) is 36.8 Å². The molecule has 0 aliphatic carbocycles. The fourth-order valence-corrected chi connectivity index (χ4v) is 4.15. The highest BCUT2D eigenvalue weighted by Gasteiger charge is 2.38. The molecule has 0 radical (unpaired) electrons. The van der Waals surface area contributed by atoms with E-state index in [1.165, 1.54) is 25.3 Å². The Morgan fingerprint density at radius 2 is 1.76 bits per heavy atom. The Morgan fingerprint density at radius 1 is 1.06 bits per heavy atom. The van der Waals surface area contributed by atoms with Crippen LogP contribution in [0.3, 0.4) is 0 Å². The number of fused-ring (bicyclic) bond motifs is 1. The molecule has 0 amide bonds. The maximum atomic E-state index is 14.1. The van der Waals surface area contributed by atoms with Crippen molar-refractivity contribution in [3.63, 3.8) is 0 Å². The topological polar surface area (TPSA) is 36.9 Å². The zero-order valence-electron chi connectivity index (χ0n) is 18.9. The van der Waals surface area contributed by atoms with Gasteiger partial charge in [0.25, 0.3) is 0 Å². The normalized spacial score (nSPS) is 15.4. The first-order chi connectivity index (χ1) is 16.1. The van der Waals surface area contributed by atoms with E-state index in [2.05, 4.69) is 16.9 Å². The van der Waals surface area contributed by atoms with E-state index in [1.807, 2.05) is 0 Å². The first-order valence-electron chi connectivity index (χ1n) is 10.5. The molecule has 1 heterocycles. The van der Waals surface area contributed by atoms with Crippen LogP contribution in [0.25, 0.3) is 5.70 Å². The first-order valence-corrected chi connectivity index (χ1v) is 10.5. The van der Waals surface area contributed by atoms with Gasteiger partial charge in [-0.2, -0.15) is 13.2 Å². The molecule has 0 saturated carbocycles. The van der Waals surface area contributed by atoms with Gasteiger partial charge in [-0.3, -0.25) is 0 Å². The molecule has 0 aromatic heterocycles. The largest absolute Gasteiger partial charge is 0.495 e. The molecule has 1 unspecified atom stereocenters. The van der Waals surface area contributed by atoms with Gasteiger partial charge in [-0.15, -0.1) is 0 Å². The summed E-state index contributed by atoms with van der Waals surface area (Å²) in [6.07, 6.45) is -5.55. The van der Waals surface area contributed by atoms with E-state index in [-0.39, 0.29) is 11.4 Å². The maximum Gasteiger partial charge on any atom is 0.416 e. The molecule has 1 atom stereocenters. The highest BCUT2D eigenvalue weighted by Crippen LogP contribution is 2.44. The predicted octanol–water partition coefficient (Wildman–Crippen LogP) is 6.32. The smallest absolute Gasteiger partial charge is 0.416 e. The van der Waals surface area contributed by atoms with Gasteiger partial charge >= 0.3 is 6.18 Å². The second kappa shape index (κ2) is 8.85. The Morgan fingerprint density at radius 3 is 2.47 bits per heavy atom. The molecular weight excluding hydrogens is 446 g/mol. The lowest BCUT2D eigenvalue weighted by Crippen LogP contribution is -2.36. The SMILES string of the molecule is C=C(NC1=NC(c2ccccc2C(F)(F)F)N(C)c2c(OC)cccc21)c1cccc(F)c1C. The van der Waals surface area contributed by atoms with Crippen molar-refractivity contribution in [3.8, 4) is 5.75 Å². The Hall–Kier alpha value is -3.81. The number of benzene rings is 3. The second-order valence-corrected chi connectivity index (χ2v) is 7.92. The molecule has 0 saturated heterocycles. The number of para-hydroxylation sites is 1. The fourth-order valence-electron chi connectivity index (χ4n) is 4.15. The van der Waals surface area contributed by atoms with E-state index in [9.17, 15) is 17.6 Å². The number of halogens is 4. The highest BCUT2D eigenvalue weighted by atomic mass is 19.4. The Balaban J connectivity index is 1.86. The summed E-state index contributed by atoms with van der Waals surface area (Å²) in [7, 11) is 3.17. The number of ether oxygens (including phenoxy) is 1. The third-order valence-electron chi connectivity index (χ3n) is 5.85. The molecule has 0 bridgehead atoms. The molecule has 34 heavy (non-hydrogen) atoms. The number of nitrogens with zero attached hydrogens (tertiary/aromatic N) is 2. The van der Waals surface area contributed by atoms with Gasteiger partial charge in [-0.25, -0.2) is 9.38 Å². The molecule has 0 fully saturated rings. The van der Waals surface area contributed by atoms with Crippen molar-refractivity contribution < 1.29 is 22.3 Å². The fraction of sp³-hybridized carbons (Fsp3) is 0.192. The summed E-state index contributed by atoms with van der Waals surface area (Å²) < 4.78 is 61.1. The van der Waals surface area contributed by atoms with E-state index in [1.54, 1.807) is 55.3 Å². The molecular formula is C26H23F4N3O. The van der Waals surface area contributed by atoms with Gasteiger partial charge in [0.15, 0.2) is 0 Å². The highest BCUT2D eigenvalue weighted by molar-refractivity contribution is 6.09. The number of hydrogen-bond acceptors (Lipinski definition) is 4. The lowest BCUT2D eigenvalue weighted by molar-refractivity contribution is -0.138. The molecule has 1 N–H and O–H groups in total. The minimum Gasteiger partial charge on any atom is -0.495 e. The summed E-state index contributed by atoms with van der Waals surface area (Å²) in [5, 5.41) is 3.11. The van der Waals surface area contributed by atoms with Crippen molar-refractivity contribution in [2.45, 2.75) is 19.3 Å². The molecule has 1 aliphatic heterocycles. The van der Waals surface area contributed by atoms with Crippen LogP contribution in [-0.2, 0) is 6.18 Å². The van der Waals surface area contributed by atoms with Crippen molar-refractivity contribution in [1.82, 2.24) is 5.32 Å². The molecule has 4 rings (SSSR count). The minimum atomic E-state index is -4.55. The standard InChI is InChI=1S/C26H23F4N3O/c1-15-17(10-7-13-21(15)27)16(2)31-24-19-11-8-14-22(34-4)23(19)33(3)25(32-24)18-9-5-6-12-20(18)26(28,29)30/h5-14,25H,2H2,1,3-4H3,(H,31,32). The number of amidine groups is 1.